The number of rotatable bonds is 5. The maximum Gasteiger partial charge on any atom is 0.282 e. The zero-order valence-corrected chi connectivity index (χ0v) is 12.7. The lowest BCUT2D eigenvalue weighted by atomic mass is 10.1. The van der Waals surface area contributed by atoms with E-state index in [1.165, 1.54) is 17.8 Å². The Balaban J connectivity index is 2.20. The van der Waals surface area contributed by atoms with Crippen molar-refractivity contribution in [3.8, 4) is 0 Å². The van der Waals surface area contributed by atoms with E-state index in [0.717, 1.165) is 0 Å². The molecule has 0 saturated heterocycles. The first-order valence-corrected chi connectivity index (χ1v) is 7.44. The summed E-state index contributed by atoms with van der Waals surface area (Å²) in [6.07, 6.45) is 0. The van der Waals surface area contributed by atoms with Crippen molar-refractivity contribution >= 4 is 34.8 Å². The topological polar surface area (TPSA) is 60.2 Å². The molecule has 2 aromatic rings. The molecule has 0 aromatic heterocycles. The van der Waals surface area contributed by atoms with Gasteiger partial charge in [0, 0.05) is 16.7 Å². The molecular weight excluding hydrogens is 310 g/mol. The van der Waals surface area contributed by atoms with Crippen LogP contribution in [0.15, 0.2) is 53.4 Å². The maximum atomic E-state index is 12.3. The van der Waals surface area contributed by atoms with Crippen molar-refractivity contribution in [1.29, 1.82) is 0 Å². The van der Waals surface area contributed by atoms with Crippen molar-refractivity contribution in [3.05, 3.63) is 69.2 Å². The largest absolute Gasteiger partial charge is 0.293 e. The van der Waals surface area contributed by atoms with E-state index in [1.54, 1.807) is 49.4 Å². The molecule has 0 fully saturated rings. The van der Waals surface area contributed by atoms with Crippen LogP contribution in [0.1, 0.15) is 17.3 Å². The average Bonchev–Trinajstić information content (AvgIpc) is 2.46. The first-order chi connectivity index (χ1) is 9.99. The number of carbonyl (C=O) groups excluding carboxylic acids is 1. The van der Waals surface area contributed by atoms with E-state index in [4.69, 9.17) is 11.6 Å². The Hall–Kier alpha value is -1.85. The van der Waals surface area contributed by atoms with E-state index in [0.29, 0.717) is 15.5 Å². The second-order valence-corrected chi connectivity index (χ2v) is 6.18. The summed E-state index contributed by atoms with van der Waals surface area (Å²) < 4.78 is 0. The molecule has 6 heteroatoms. The number of para-hydroxylation sites is 1. The number of ketones is 1. The van der Waals surface area contributed by atoms with E-state index in [9.17, 15) is 14.9 Å². The molecule has 1 atom stereocenters. The Morgan fingerprint density at radius 2 is 1.95 bits per heavy atom. The summed E-state index contributed by atoms with van der Waals surface area (Å²) in [4.78, 5) is 23.3. The SMILES string of the molecule is CC(Sc1ccccc1[N+](=O)[O-])C(=O)c1cccc(Cl)c1. The Labute approximate surface area is 131 Å². The summed E-state index contributed by atoms with van der Waals surface area (Å²) in [6, 6.07) is 13.1. The fourth-order valence-corrected chi connectivity index (χ4v) is 3.06. The third-order valence-electron chi connectivity index (χ3n) is 2.84. The Kier molecular flexibility index (Phi) is 4.98. The lowest BCUT2D eigenvalue weighted by Crippen LogP contribution is -2.13. The van der Waals surface area contributed by atoms with Gasteiger partial charge >= 0.3 is 0 Å². The van der Waals surface area contributed by atoms with Crippen LogP contribution in [0, 0.1) is 10.1 Å². The van der Waals surface area contributed by atoms with Gasteiger partial charge in [-0.25, -0.2) is 0 Å². The number of hydrogen-bond donors (Lipinski definition) is 0. The highest BCUT2D eigenvalue weighted by atomic mass is 35.5. The van der Waals surface area contributed by atoms with Gasteiger partial charge in [-0.2, -0.15) is 0 Å². The zero-order chi connectivity index (χ0) is 15.4. The number of nitro benzene ring substituents is 1. The molecule has 0 N–H and O–H groups in total. The highest BCUT2D eigenvalue weighted by molar-refractivity contribution is 8.00. The number of nitrogens with zero attached hydrogens (tertiary/aromatic N) is 1. The number of Topliss-reactive ketones (excluding diaryl/α,β-unsaturated/α-hetero) is 1. The van der Waals surface area contributed by atoms with Crippen LogP contribution in [0.25, 0.3) is 0 Å². The van der Waals surface area contributed by atoms with Crippen LogP contribution in [0.5, 0.6) is 0 Å². The lowest BCUT2D eigenvalue weighted by molar-refractivity contribution is -0.387. The van der Waals surface area contributed by atoms with Gasteiger partial charge < -0.3 is 0 Å². The molecule has 0 aliphatic heterocycles. The Bertz CT molecular complexity index is 690. The minimum absolute atomic E-state index is 0.00763. The van der Waals surface area contributed by atoms with Gasteiger partial charge in [-0.15, -0.1) is 11.8 Å². The fourth-order valence-electron chi connectivity index (χ4n) is 1.83. The van der Waals surface area contributed by atoms with Crippen LogP contribution in [0.3, 0.4) is 0 Å². The molecule has 1 unspecified atom stereocenters. The second-order valence-electron chi connectivity index (χ2n) is 4.36. The quantitative estimate of drug-likeness (QED) is 0.349. The zero-order valence-electron chi connectivity index (χ0n) is 11.2. The molecule has 0 heterocycles. The lowest BCUT2D eigenvalue weighted by Gasteiger charge is -2.10. The molecule has 0 bridgehead atoms. The van der Waals surface area contributed by atoms with Gasteiger partial charge in [-0.1, -0.05) is 35.9 Å². The number of carbonyl (C=O) groups is 1. The fraction of sp³-hybridized carbons (Fsp3) is 0.133. The molecule has 108 valence electrons. The van der Waals surface area contributed by atoms with Crippen LogP contribution < -0.4 is 0 Å². The molecule has 21 heavy (non-hydrogen) atoms. The highest BCUT2D eigenvalue weighted by Crippen LogP contribution is 2.33. The van der Waals surface area contributed by atoms with E-state index < -0.39 is 10.2 Å². The second kappa shape index (κ2) is 6.74. The minimum Gasteiger partial charge on any atom is -0.293 e. The van der Waals surface area contributed by atoms with Gasteiger partial charge in [-0.05, 0) is 25.1 Å². The molecular formula is C15H12ClNO3S. The summed E-state index contributed by atoms with van der Waals surface area (Å²) in [6.45, 7) is 1.73. The molecule has 0 radical (unpaired) electrons. The highest BCUT2D eigenvalue weighted by Gasteiger charge is 2.21. The molecule has 0 aliphatic rings. The van der Waals surface area contributed by atoms with E-state index in [1.807, 2.05) is 0 Å². The summed E-state index contributed by atoms with van der Waals surface area (Å²) in [7, 11) is 0. The summed E-state index contributed by atoms with van der Waals surface area (Å²) in [5.41, 5.74) is 0.509. The van der Waals surface area contributed by atoms with Crippen molar-refractivity contribution in [1.82, 2.24) is 0 Å². The minimum atomic E-state index is -0.446. The number of thioether (sulfide) groups is 1. The van der Waals surface area contributed by atoms with Crippen molar-refractivity contribution in [2.45, 2.75) is 17.1 Å². The molecule has 4 nitrogen and oxygen atoms in total. The molecule has 2 aromatic carbocycles. The van der Waals surface area contributed by atoms with Gasteiger partial charge in [0.2, 0.25) is 0 Å². The Morgan fingerprint density at radius 1 is 1.24 bits per heavy atom. The summed E-state index contributed by atoms with van der Waals surface area (Å²) >= 11 is 7.05. The maximum absolute atomic E-state index is 12.3. The molecule has 0 spiro atoms. The van der Waals surface area contributed by atoms with Crippen LogP contribution in [-0.4, -0.2) is 16.0 Å². The number of hydrogen-bond acceptors (Lipinski definition) is 4. The smallest absolute Gasteiger partial charge is 0.282 e. The number of benzene rings is 2. The number of nitro groups is 1. The van der Waals surface area contributed by atoms with E-state index in [-0.39, 0.29) is 11.5 Å². The first kappa shape index (κ1) is 15.5. The summed E-state index contributed by atoms with van der Waals surface area (Å²) in [5.74, 6) is -0.111. The van der Waals surface area contributed by atoms with Crippen LogP contribution in [0.4, 0.5) is 5.69 Å². The number of halogens is 1. The van der Waals surface area contributed by atoms with Crippen molar-refractivity contribution in [2.75, 3.05) is 0 Å². The predicted molar refractivity (Wildman–Crippen MR) is 84.2 cm³/mol. The van der Waals surface area contributed by atoms with E-state index in [2.05, 4.69) is 0 Å². The third-order valence-corrected chi connectivity index (χ3v) is 4.25. The normalized spacial score (nSPS) is 11.9. The monoisotopic (exact) mass is 321 g/mol. The molecule has 0 aliphatic carbocycles. The van der Waals surface area contributed by atoms with Gasteiger partial charge in [-0.3, -0.25) is 14.9 Å². The molecule has 0 amide bonds. The van der Waals surface area contributed by atoms with Crippen molar-refractivity contribution in [2.24, 2.45) is 0 Å². The molecule has 0 saturated carbocycles. The van der Waals surface area contributed by atoms with E-state index >= 15 is 0 Å². The summed E-state index contributed by atoms with van der Waals surface area (Å²) in [5, 5.41) is 11.0. The van der Waals surface area contributed by atoms with Gasteiger partial charge in [0.15, 0.2) is 5.78 Å². The Morgan fingerprint density at radius 3 is 2.62 bits per heavy atom. The average molecular weight is 322 g/mol. The van der Waals surface area contributed by atoms with Crippen molar-refractivity contribution in [3.63, 3.8) is 0 Å². The standard InChI is InChI=1S/C15H12ClNO3S/c1-10(15(18)11-5-4-6-12(16)9-11)21-14-8-3-2-7-13(14)17(19)20/h2-10H,1H3. The van der Waals surface area contributed by atoms with Gasteiger partial charge in [0.1, 0.15) is 0 Å². The van der Waals surface area contributed by atoms with Crippen LogP contribution >= 0.6 is 23.4 Å². The van der Waals surface area contributed by atoms with Gasteiger partial charge in [0.25, 0.3) is 5.69 Å². The predicted octanol–water partition coefficient (Wildman–Crippen LogP) is 4.61. The molecule has 2 rings (SSSR count). The third kappa shape index (κ3) is 3.83. The van der Waals surface area contributed by atoms with Crippen LogP contribution in [-0.2, 0) is 0 Å². The first-order valence-electron chi connectivity index (χ1n) is 6.19. The van der Waals surface area contributed by atoms with Crippen LogP contribution in [0.2, 0.25) is 5.02 Å². The van der Waals surface area contributed by atoms with Gasteiger partial charge in [0.05, 0.1) is 15.1 Å². The van der Waals surface area contributed by atoms with Crippen molar-refractivity contribution < 1.29 is 9.72 Å².